The van der Waals surface area contributed by atoms with Crippen LogP contribution in [0, 0.1) is 0 Å². The number of hydrogen-bond acceptors (Lipinski definition) is 4. The molecule has 5 heteroatoms. The van der Waals surface area contributed by atoms with E-state index in [-0.39, 0.29) is 6.29 Å². The standard InChI is InChI=1S/C9H18O3.C3H10OSi/c1-3-5-10-7-11-9-6-8(4-2)12-9;1-4-5(2)3/h8-9H,3-7H2,1-2H3;5H,1-3H3. The first-order valence-corrected chi connectivity index (χ1v) is 9.29. The van der Waals surface area contributed by atoms with Crippen molar-refractivity contribution in [3.8, 4) is 0 Å². The molecule has 0 aromatic heterocycles. The Morgan fingerprint density at radius 1 is 1.29 bits per heavy atom. The first kappa shape index (κ1) is 17.1. The van der Waals surface area contributed by atoms with Crippen LogP contribution in [0.3, 0.4) is 0 Å². The van der Waals surface area contributed by atoms with Crippen LogP contribution in [0.1, 0.15) is 33.1 Å². The van der Waals surface area contributed by atoms with Gasteiger partial charge in [0.05, 0.1) is 6.10 Å². The van der Waals surface area contributed by atoms with Crippen molar-refractivity contribution in [1.82, 2.24) is 0 Å². The van der Waals surface area contributed by atoms with E-state index < -0.39 is 9.04 Å². The second kappa shape index (κ2) is 11.2. The van der Waals surface area contributed by atoms with Crippen LogP contribution in [-0.4, -0.2) is 41.9 Å². The van der Waals surface area contributed by atoms with Crippen LogP contribution < -0.4 is 0 Å². The molecule has 0 aromatic carbocycles. The summed E-state index contributed by atoms with van der Waals surface area (Å²) < 4.78 is 20.7. The van der Waals surface area contributed by atoms with E-state index in [9.17, 15) is 0 Å². The maximum Gasteiger partial charge on any atom is 0.170 e. The summed E-state index contributed by atoms with van der Waals surface area (Å²) in [5, 5.41) is 0. The van der Waals surface area contributed by atoms with Gasteiger partial charge in [-0.25, -0.2) is 0 Å². The summed E-state index contributed by atoms with van der Waals surface area (Å²) >= 11 is 0. The maximum atomic E-state index is 5.37. The highest BCUT2D eigenvalue weighted by Gasteiger charge is 2.28. The molecule has 1 aliphatic heterocycles. The molecule has 0 aromatic rings. The van der Waals surface area contributed by atoms with E-state index in [0.717, 1.165) is 25.9 Å². The predicted octanol–water partition coefficient (Wildman–Crippen LogP) is 2.53. The number of ether oxygens (including phenoxy) is 3. The first-order chi connectivity index (χ1) is 8.13. The summed E-state index contributed by atoms with van der Waals surface area (Å²) in [5.41, 5.74) is 0. The van der Waals surface area contributed by atoms with E-state index in [1.54, 1.807) is 7.11 Å². The summed E-state index contributed by atoms with van der Waals surface area (Å²) in [6, 6.07) is 0. The van der Waals surface area contributed by atoms with Crippen LogP contribution in [0.15, 0.2) is 0 Å². The predicted molar refractivity (Wildman–Crippen MR) is 71.7 cm³/mol. The molecule has 2 atom stereocenters. The van der Waals surface area contributed by atoms with Crippen LogP contribution in [0.4, 0.5) is 0 Å². The van der Waals surface area contributed by atoms with Gasteiger partial charge in [-0.15, -0.1) is 0 Å². The Hall–Kier alpha value is 0.0569. The molecule has 0 amide bonds. The Bertz CT molecular complexity index is 161. The lowest BCUT2D eigenvalue weighted by atomic mass is 10.1. The van der Waals surface area contributed by atoms with E-state index in [2.05, 4.69) is 26.9 Å². The molecule has 0 radical (unpaired) electrons. The van der Waals surface area contributed by atoms with Crippen molar-refractivity contribution in [3.63, 3.8) is 0 Å². The van der Waals surface area contributed by atoms with Gasteiger partial charge in [0.2, 0.25) is 0 Å². The summed E-state index contributed by atoms with van der Waals surface area (Å²) in [7, 11) is 1.11. The smallest absolute Gasteiger partial charge is 0.170 e. The van der Waals surface area contributed by atoms with Crippen LogP contribution in [0.25, 0.3) is 0 Å². The second-order valence-corrected chi connectivity index (χ2v) is 6.88. The lowest BCUT2D eigenvalue weighted by molar-refractivity contribution is -0.283. The highest BCUT2D eigenvalue weighted by Crippen LogP contribution is 2.23. The molecule has 1 fully saturated rings. The van der Waals surface area contributed by atoms with E-state index >= 15 is 0 Å². The fraction of sp³-hybridized carbons (Fsp3) is 1.00. The molecule has 1 heterocycles. The largest absolute Gasteiger partial charge is 0.424 e. The quantitative estimate of drug-likeness (QED) is 0.402. The van der Waals surface area contributed by atoms with Gasteiger partial charge >= 0.3 is 0 Å². The molecule has 2 unspecified atom stereocenters. The molecule has 1 saturated heterocycles. The molecule has 0 bridgehead atoms. The van der Waals surface area contributed by atoms with Gasteiger partial charge in [0.25, 0.3) is 0 Å². The molecule has 0 N–H and O–H groups in total. The fourth-order valence-corrected chi connectivity index (χ4v) is 1.12. The summed E-state index contributed by atoms with van der Waals surface area (Å²) in [6.07, 6.45) is 3.54. The zero-order valence-electron chi connectivity index (χ0n) is 11.9. The van der Waals surface area contributed by atoms with Crippen molar-refractivity contribution in [1.29, 1.82) is 0 Å². The van der Waals surface area contributed by atoms with E-state index in [1.165, 1.54) is 0 Å². The number of hydrogen-bond donors (Lipinski definition) is 0. The van der Waals surface area contributed by atoms with Gasteiger partial charge in [-0.1, -0.05) is 13.8 Å². The van der Waals surface area contributed by atoms with Crippen LogP contribution in [0.5, 0.6) is 0 Å². The third-order valence-electron chi connectivity index (χ3n) is 2.41. The van der Waals surface area contributed by atoms with Crippen molar-refractivity contribution in [3.05, 3.63) is 0 Å². The molecule has 1 aliphatic rings. The average molecular weight is 264 g/mol. The van der Waals surface area contributed by atoms with Gasteiger partial charge < -0.3 is 18.6 Å². The lowest BCUT2D eigenvalue weighted by Gasteiger charge is -2.34. The van der Waals surface area contributed by atoms with E-state index in [0.29, 0.717) is 12.9 Å². The summed E-state index contributed by atoms with van der Waals surface area (Å²) in [5.74, 6) is 0. The molecular weight excluding hydrogens is 236 g/mol. The van der Waals surface area contributed by atoms with Crippen LogP contribution >= 0.6 is 0 Å². The summed E-state index contributed by atoms with van der Waals surface area (Å²) in [4.78, 5) is 0. The molecule has 4 nitrogen and oxygen atoms in total. The van der Waals surface area contributed by atoms with E-state index in [1.807, 2.05) is 0 Å². The van der Waals surface area contributed by atoms with Crippen molar-refractivity contribution in [2.75, 3.05) is 20.5 Å². The molecule has 17 heavy (non-hydrogen) atoms. The minimum atomic E-state index is -0.650. The van der Waals surface area contributed by atoms with Gasteiger partial charge in [0.1, 0.15) is 6.79 Å². The molecular formula is C12H28O4Si. The maximum absolute atomic E-state index is 5.37. The Morgan fingerprint density at radius 3 is 2.29 bits per heavy atom. The van der Waals surface area contributed by atoms with Gasteiger partial charge in [-0.2, -0.15) is 0 Å². The highest BCUT2D eigenvalue weighted by molar-refractivity contribution is 6.48. The molecule has 0 spiro atoms. The number of rotatable bonds is 7. The van der Waals surface area contributed by atoms with Crippen LogP contribution in [0.2, 0.25) is 13.1 Å². The van der Waals surface area contributed by atoms with Gasteiger partial charge in [-0.05, 0) is 25.9 Å². The van der Waals surface area contributed by atoms with Gasteiger partial charge in [0.15, 0.2) is 15.3 Å². The molecule has 1 rings (SSSR count). The third-order valence-corrected chi connectivity index (χ3v) is 3.35. The Balaban J connectivity index is 0.000000437. The average Bonchev–Trinajstić information content (AvgIpc) is 2.27. The minimum Gasteiger partial charge on any atom is -0.424 e. The summed E-state index contributed by atoms with van der Waals surface area (Å²) in [6.45, 7) is 9.61. The Kier molecular flexibility index (Phi) is 11.2. The first-order valence-electron chi connectivity index (χ1n) is 6.51. The van der Waals surface area contributed by atoms with Gasteiger partial charge in [-0.3, -0.25) is 0 Å². The minimum absolute atomic E-state index is 0.00759. The van der Waals surface area contributed by atoms with E-state index in [4.69, 9.17) is 18.6 Å². The monoisotopic (exact) mass is 264 g/mol. The van der Waals surface area contributed by atoms with Crippen LogP contribution in [-0.2, 0) is 18.6 Å². The SMILES string of the molecule is CCCOCOC1CC(CC)O1.CO[SiH](C)C. The van der Waals surface area contributed by atoms with Crippen molar-refractivity contribution in [2.24, 2.45) is 0 Å². The third kappa shape index (κ3) is 9.73. The zero-order chi connectivity index (χ0) is 13.1. The zero-order valence-corrected chi connectivity index (χ0v) is 13.1. The fourth-order valence-electron chi connectivity index (χ4n) is 1.12. The Morgan fingerprint density at radius 2 is 1.88 bits per heavy atom. The normalized spacial score (nSPS) is 22.9. The van der Waals surface area contributed by atoms with Crippen molar-refractivity contribution < 1.29 is 18.6 Å². The Labute approximate surface area is 107 Å². The molecule has 104 valence electrons. The van der Waals surface area contributed by atoms with Crippen molar-refractivity contribution in [2.45, 2.75) is 58.6 Å². The van der Waals surface area contributed by atoms with Crippen molar-refractivity contribution >= 4 is 9.04 Å². The van der Waals surface area contributed by atoms with Gasteiger partial charge in [0, 0.05) is 20.1 Å². The molecule has 0 saturated carbocycles. The topological polar surface area (TPSA) is 36.9 Å². The second-order valence-electron chi connectivity index (χ2n) is 4.31. The molecule has 0 aliphatic carbocycles. The highest BCUT2D eigenvalue weighted by atomic mass is 28.3. The lowest BCUT2D eigenvalue weighted by Crippen LogP contribution is -2.39.